The Hall–Kier alpha value is -2.08. The molecule has 1 aromatic carbocycles. The number of urea groups is 1. The standard InChI is InChI=1S/C19H25FN4O/c1-23-15-3-4-16(23)12-24(9-7-15)19(25)21-8-6-13-11-22-18-10-14(20)2-5-17(13)18/h2,5,10-11,15-16,22H,3-4,6-9,12H2,1H3,(H,21,25)/t15-,16-/m0/s1. The maximum atomic E-state index is 13.2. The molecule has 2 N–H and O–H groups in total. The fourth-order valence-corrected chi connectivity index (χ4v) is 4.27. The number of H-pyrrole nitrogens is 1. The van der Waals surface area contributed by atoms with Crippen LogP contribution in [0.1, 0.15) is 24.8 Å². The molecule has 0 spiro atoms. The van der Waals surface area contributed by atoms with Crippen molar-refractivity contribution < 1.29 is 9.18 Å². The maximum Gasteiger partial charge on any atom is 0.317 e. The summed E-state index contributed by atoms with van der Waals surface area (Å²) in [6.45, 7) is 2.25. The lowest BCUT2D eigenvalue weighted by Gasteiger charge is -2.26. The van der Waals surface area contributed by atoms with E-state index < -0.39 is 0 Å². The van der Waals surface area contributed by atoms with Gasteiger partial charge in [-0.25, -0.2) is 9.18 Å². The number of carbonyl (C=O) groups excluding carboxylic acids is 1. The van der Waals surface area contributed by atoms with Crippen LogP contribution in [0.4, 0.5) is 9.18 Å². The van der Waals surface area contributed by atoms with Crippen molar-refractivity contribution in [2.75, 3.05) is 26.7 Å². The number of nitrogens with one attached hydrogen (secondary N) is 2. The summed E-state index contributed by atoms with van der Waals surface area (Å²) in [4.78, 5) is 20.0. The summed E-state index contributed by atoms with van der Waals surface area (Å²) in [5.74, 6) is -0.241. The summed E-state index contributed by atoms with van der Waals surface area (Å²) in [5, 5.41) is 4.07. The van der Waals surface area contributed by atoms with Gasteiger partial charge in [-0.15, -0.1) is 0 Å². The van der Waals surface area contributed by atoms with E-state index in [4.69, 9.17) is 0 Å². The van der Waals surface area contributed by atoms with Gasteiger partial charge in [0.05, 0.1) is 0 Å². The summed E-state index contributed by atoms with van der Waals surface area (Å²) in [7, 11) is 2.18. The average molecular weight is 344 g/mol. The second-order valence-electron chi connectivity index (χ2n) is 7.27. The summed E-state index contributed by atoms with van der Waals surface area (Å²) in [6, 6.07) is 5.93. The molecule has 2 atom stereocenters. The van der Waals surface area contributed by atoms with Crippen LogP contribution in [0.2, 0.25) is 0 Å². The normalized spacial score (nSPS) is 23.8. The first-order valence-electron chi connectivity index (χ1n) is 9.12. The zero-order valence-corrected chi connectivity index (χ0v) is 14.6. The highest BCUT2D eigenvalue weighted by molar-refractivity contribution is 5.83. The van der Waals surface area contributed by atoms with Crippen LogP contribution in [0.5, 0.6) is 0 Å². The molecule has 25 heavy (non-hydrogen) atoms. The van der Waals surface area contributed by atoms with Crippen molar-refractivity contribution in [2.45, 2.75) is 37.8 Å². The van der Waals surface area contributed by atoms with E-state index in [9.17, 15) is 9.18 Å². The second-order valence-corrected chi connectivity index (χ2v) is 7.27. The Labute approximate surface area is 147 Å². The molecule has 1 aromatic heterocycles. The highest BCUT2D eigenvalue weighted by Gasteiger charge is 2.35. The summed E-state index contributed by atoms with van der Waals surface area (Å²) in [5.41, 5.74) is 1.90. The number of fused-ring (bicyclic) bond motifs is 3. The summed E-state index contributed by atoms with van der Waals surface area (Å²) >= 11 is 0. The van der Waals surface area contributed by atoms with Crippen molar-refractivity contribution in [3.05, 3.63) is 35.8 Å². The Morgan fingerprint density at radius 3 is 3.04 bits per heavy atom. The quantitative estimate of drug-likeness (QED) is 0.899. The molecule has 2 saturated heterocycles. The Bertz CT molecular complexity index is 774. The molecular weight excluding hydrogens is 319 g/mol. The lowest BCUT2D eigenvalue weighted by Crippen LogP contribution is -2.45. The van der Waals surface area contributed by atoms with Gasteiger partial charge in [0.15, 0.2) is 0 Å². The average Bonchev–Trinajstić information content (AvgIpc) is 3.07. The third-order valence-corrected chi connectivity index (χ3v) is 5.84. The number of nitrogens with zero attached hydrogens (tertiary/aromatic N) is 2. The van der Waals surface area contributed by atoms with Gasteiger partial charge in [0.25, 0.3) is 0 Å². The molecule has 2 amide bonds. The number of likely N-dealkylation sites (tertiary alicyclic amines) is 1. The zero-order valence-electron chi connectivity index (χ0n) is 14.6. The van der Waals surface area contributed by atoms with Gasteiger partial charge < -0.3 is 15.2 Å². The number of rotatable bonds is 3. The molecule has 2 aliphatic rings. The van der Waals surface area contributed by atoms with Crippen molar-refractivity contribution in [3.63, 3.8) is 0 Å². The molecule has 0 aliphatic carbocycles. The molecule has 2 aromatic rings. The predicted molar refractivity (Wildman–Crippen MR) is 96.1 cm³/mol. The first kappa shape index (κ1) is 16.4. The van der Waals surface area contributed by atoms with E-state index in [-0.39, 0.29) is 11.8 Å². The van der Waals surface area contributed by atoms with Crippen molar-refractivity contribution in [1.29, 1.82) is 0 Å². The van der Waals surface area contributed by atoms with Crippen LogP contribution in [-0.4, -0.2) is 59.6 Å². The van der Waals surface area contributed by atoms with Gasteiger partial charge in [-0.3, -0.25) is 4.90 Å². The van der Waals surface area contributed by atoms with Gasteiger partial charge in [-0.05, 0) is 56.5 Å². The number of hydrogen-bond acceptors (Lipinski definition) is 2. The van der Waals surface area contributed by atoms with Gasteiger partial charge in [-0.1, -0.05) is 0 Å². The third kappa shape index (κ3) is 3.23. The van der Waals surface area contributed by atoms with Crippen LogP contribution in [-0.2, 0) is 6.42 Å². The minimum Gasteiger partial charge on any atom is -0.361 e. The molecular formula is C19H25FN4O. The molecule has 2 bridgehead atoms. The molecule has 0 unspecified atom stereocenters. The largest absolute Gasteiger partial charge is 0.361 e. The Kier molecular flexibility index (Phi) is 4.37. The van der Waals surface area contributed by atoms with E-state index in [1.165, 1.54) is 25.0 Å². The Morgan fingerprint density at radius 2 is 2.16 bits per heavy atom. The number of halogens is 1. The van der Waals surface area contributed by atoms with Crippen molar-refractivity contribution in [1.82, 2.24) is 20.1 Å². The second kappa shape index (κ2) is 6.67. The highest BCUT2D eigenvalue weighted by Crippen LogP contribution is 2.28. The fraction of sp³-hybridized carbons (Fsp3) is 0.526. The van der Waals surface area contributed by atoms with Crippen LogP contribution >= 0.6 is 0 Å². The minimum absolute atomic E-state index is 0.0341. The first-order chi connectivity index (χ1) is 12.1. The van der Waals surface area contributed by atoms with E-state index >= 15 is 0 Å². The minimum atomic E-state index is -0.241. The van der Waals surface area contributed by atoms with Crippen LogP contribution in [0.15, 0.2) is 24.4 Å². The van der Waals surface area contributed by atoms with Crippen LogP contribution in [0.25, 0.3) is 10.9 Å². The zero-order chi connectivity index (χ0) is 17.4. The molecule has 0 radical (unpaired) electrons. The number of aromatic nitrogens is 1. The number of likely N-dealkylation sites (N-methyl/N-ethyl adjacent to an activating group) is 1. The van der Waals surface area contributed by atoms with Crippen LogP contribution in [0, 0.1) is 5.82 Å². The van der Waals surface area contributed by atoms with E-state index in [0.29, 0.717) is 18.6 Å². The van der Waals surface area contributed by atoms with Crippen LogP contribution < -0.4 is 5.32 Å². The Balaban J connectivity index is 1.33. The van der Waals surface area contributed by atoms with Gasteiger partial charge >= 0.3 is 6.03 Å². The fourth-order valence-electron chi connectivity index (χ4n) is 4.27. The van der Waals surface area contributed by atoms with Crippen molar-refractivity contribution in [2.24, 2.45) is 0 Å². The number of benzene rings is 1. The summed E-state index contributed by atoms with van der Waals surface area (Å²) < 4.78 is 13.2. The Morgan fingerprint density at radius 1 is 1.32 bits per heavy atom. The molecule has 6 heteroatoms. The predicted octanol–water partition coefficient (Wildman–Crippen LogP) is 2.73. The number of aromatic amines is 1. The molecule has 5 nitrogen and oxygen atoms in total. The molecule has 4 rings (SSSR count). The van der Waals surface area contributed by atoms with Gasteiger partial charge in [0, 0.05) is 48.8 Å². The molecule has 3 heterocycles. The topological polar surface area (TPSA) is 51.4 Å². The summed E-state index contributed by atoms with van der Waals surface area (Å²) in [6.07, 6.45) is 6.15. The van der Waals surface area contributed by atoms with E-state index in [1.807, 2.05) is 11.1 Å². The molecule has 2 aliphatic heterocycles. The SMILES string of the molecule is CN1[C@H]2CC[C@H]1CN(C(=O)NCCc1c[nH]c3cc(F)ccc13)CC2. The van der Waals surface area contributed by atoms with E-state index in [2.05, 4.69) is 22.2 Å². The van der Waals surface area contributed by atoms with Gasteiger partial charge in [0.2, 0.25) is 0 Å². The van der Waals surface area contributed by atoms with E-state index in [1.54, 1.807) is 6.07 Å². The van der Waals surface area contributed by atoms with Crippen molar-refractivity contribution in [3.8, 4) is 0 Å². The number of hydrogen-bond donors (Lipinski definition) is 2. The van der Waals surface area contributed by atoms with Gasteiger partial charge in [0.1, 0.15) is 5.82 Å². The number of amides is 2. The number of carbonyl (C=O) groups is 1. The monoisotopic (exact) mass is 344 g/mol. The third-order valence-electron chi connectivity index (χ3n) is 5.84. The molecule has 0 saturated carbocycles. The smallest absolute Gasteiger partial charge is 0.317 e. The van der Waals surface area contributed by atoms with Crippen LogP contribution in [0.3, 0.4) is 0 Å². The van der Waals surface area contributed by atoms with E-state index in [0.717, 1.165) is 42.4 Å². The van der Waals surface area contributed by atoms with Crippen molar-refractivity contribution >= 4 is 16.9 Å². The lowest BCUT2D eigenvalue weighted by atomic mass is 10.1. The highest BCUT2D eigenvalue weighted by atomic mass is 19.1. The molecule has 134 valence electrons. The lowest BCUT2D eigenvalue weighted by molar-refractivity contribution is 0.188. The van der Waals surface area contributed by atoms with Gasteiger partial charge in [-0.2, -0.15) is 0 Å². The molecule has 2 fully saturated rings. The first-order valence-corrected chi connectivity index (χ1v) is 9.12. The maximum absolute atomic E-state index is 13.2.